The quantitative estimate of drug-likeness (QED) is 0.271. The van der Waals surface area contributed by atoms with Crippen LogP contribution in [0, 0.1) is 29.4 Å². The van der Waals surface area contributed by atoms with Gasteiger partial charge in [-0.15, -0.1) is 0 Å². The highest BCUT2D eigenvalue weighted by atomic mass is 19.2. The highest BCUT2D eigenvalue weighted by molar-refractivity contribution is 5.84. The second-order valence-electron chi connectivity index (χ2n) is 9.17. The summed E-state index contributed by atoms with van der Waals surface area (Å²) < 4.78 is 27.4. The van der Waals surface area contributed by atoms with Gasteiger partial charge in [0.25, 0.3) is 0 Å². The Labute approximate surface area is 191 Å². The van der Waals surface area contributed by atoms with Crippen molar-refractivity contribution in [2.75, 3.05) is 0 Å². The molecule has 4 rings (SSSR count). The van der Waals surface area contributed by atoms with Crippen molar-refractivity contribution in [3.05, 3.63) is 82.9 Å². The molecule has 0 bridgehead atoms. The van der Waals surface area contributed by atoms with E-state index < -0.39 is 11.6 Å². The van der Waals surface area contributed by atoms with E-state index >= 15 is 0 Å². The molecule has 0 nitrogen and oxygen atoms in total. The van der Waals surface area contributed by atoms with Gasteiger partial charge >= 0.3 is 0 Å². The Morgan fingerprint density at radius 3 is 2.38 bits per heavy atom. The fraction of sp³-hybridized carbons (Fsp3) is 0.400. The maximum atomic E-state index is 14.0. The van der Waals surface area contributed by atoms with Crippen molar-refractivity contribution in [1.82, 2.24) is 0 Å². The van der Waals surface area contributed by atoms with Gasteiger partial charge in [0.1, 0.15) is 0 Å². The first-order valence-corrected chi connectivity index (χ1v) is 12.1. The highest BCUT2D eigenvalue weighted by Gasteiger charge is 2.21. The Kier molecular flexibility index (Phi) is 7.59. The molecular formula is C30H32F2. The number of benzene rings is 3. The molecule has 0 saturated heterocycles. The lowest BCUT2D eigenvalue weighted by Crippen LogP contribution is -2.12. The molecule has 1 aliphatic rings. The Morgan fingerprint density at radius 1 is 0.844 bits per heavy atom. The summed E-state index contributed by atoms with van der Waals surface area (Å²) in [6.45, 7) is 2.24. The average molecular weight is 431 g/mol. The summed E-state index contributed by atoms with van der Waals surface area (Å²) in [5, 5.41) is 1.14. The van der Waals surface area contributed by atoms with Crippen LogP contribution in [0.5, 0.6) is 0 Å². The number of halogens is 2. The molecule has 0 unspecified atom stereocenters. The zero-order valence-electron chi connectivity index (χ0n) is 19.0. The molecule has 1 fully saturated rings. The molecule has 0 N–H and O–H groups in total. The van der Waals surface area contributed by atoms with Gasteiger partial charge in [-0.25, -0.2) is 8.78 Å². The van der Waals surface area contributed by atoms with Crippen molar-refractivity contribution < 1.29 is 8.78 Å². The van der Waals surface area contributed by atoms with Crippen LogP contribution in [0.3, 0.4) is 0 Å². The minimum atomic E-state index is -0.786. The van der Waals surface area contributed by atoms with E-state index in [9.17, 15) is 8.78 Å². The van der Waals surface area contributed by atoms with Crippen molar-refractivity contribution >= 4 is 10.8 Å². The normalized spacial score (nSPS) is 18.3. The van der Waals surface area contributed by atoms with Gasteiger partial charge in [0.2, 0.25) is 0 Å². The lowest BCUT2D eigenvalue weighted by atomic mass is 9.78. The number of hydrogen-bond donors (Lipinski definition) is 0. The Balaban J connectivity index is 1.31. The van der Waals surface area contributed by atoms with Crippen LogP contribution in [-0.4, -0.2) is 0 Å². The maximum Gasteiger partial charge on any atom is 0.166 e. The fourth-order valence-electron chi connectivity index (χ4n) is 4.80. The Morgan fingerprint density at radius 2 is 1.62 bits per heavy atom. The van der Waals surface area contributed by atoms with E-state index in [-0.39, 0.29) is 0 Å². The first kappa shape index (κ1) is 22.5. The molecule has 2 heteroatoms. The molecule has 3 aromatic rings. The van der Waals surface area contributed by atoms with Crippen molar-refractivity contribution in [2.45, 2.75) is 70.6 Å². The molecule has 1 aliphatic carbocycles. The van der Waals surface area contributed by atoms with Crippen molar-refractivity contribution in [2.24, 2.45) is 5.92 Å². The Hall–Kier alpha value is -2.66. The van der Waals surface area contributed by atoms with Gasteiger partial charge < -0.3 is 0 Å². The lowest BCUT2D eigenvalue weighted by Gasteiger charge is -2.26. The molecule has 0 spiro atoms. The van der Waals surface area contributed by atoms with E-state index in [2.05, 4.69) is 43.0 Å². The van der Waals surface area contributed by atoms with Crippen LogP contribution in [0.25, 0.3) is 10.8 Å². The second-order valence-corrected chi connectivity index (χ2v) is 9.17. The Bertz CT molecular complexity index is 1090. The summed E-state index contributed by atoms with van der Waals surface area (Å²) >= 11 is 0. The molecule has 0 heterocycles. The topological polar surface area (TPSA) is 0 Å². The van der Waals surface area contributed by atoms with Gasteiger partial charge in [-0.2, -0.15) is 0 Å². The SMILES string of the molecule is CCCCCCc1ccc(C#CC2CCC(c3ccc4c(F)c(F)ccc4c3)CC2)cc1. The van der Waals surface area contributed by atoms with Crippen LogP contribution in [0.4, 0.5) is 8.78 Å². The smallest absolute Gasteiger partial charge is 0.166 e. The fourth-order valence-corrected chi connectivity index (χ4v) is 4.80. The maximum absolute atomic E-state index is 14.0. The minimum Gasteiger partial charge on any atom is -0.204 e. The third-order valence-corrected chi connectivity index (χ3v) is 6.82. The highest BCUT2D eigenvalue weighted by Crippen LogP contribution is 2.37. The van der Waals surface area contributed by atoms with Crippen molar-refractivity contribution in [3.8, 4) is 11.8 Å². The van der Waals surface area contributed by atoms with Gasteiger partial charge in [0.05, 0.1) is 0 Å². The van der Waals surface area contributed by atoms with E-state index in [1.165, 1.54) is 42.9 Å². The average Bonchev–Trinajstić information content (AvgIpc) is 2.84. The van der Waals surface area contributed by atoms with Crippen LogP contribution in [0.2, 0.25) is 0 Å². The van der Waals surface area contributed by atoms with Crippen LogP contribution < -0.4 is 0 Å². The minimum absolute atomic E-state index is 0.361. The van der Waals surface area contributed by atoms with E-state index in [1.54, 1.807) is 12.1 Å². The molecule has 0 radical (unpaired) electrons. The van der Waals surface area contributed by atoms with Gasteiger partial charge in [0.15, 0.2) is 11.6 Å². The van der Waals surface area contributed by atoms with Crippen molar-refractivity contribution in [3.63, 3.8) is 0 Å². The molecule has 166 valence electrons. The zero-order valence-corrected chi connectivity index (χ0v) is 19.0. The summed E-state index contributed by atoms with van der Waals surface area (Å²) in [7, 11) is 0. The summed E-state index contributed by atoms with van der Waals surface area (Å²) in [4.78, 5) is 0. The van der Waals surface area contributed by atoms with E-state index in [0.717, 1.165) is 43.1 Å². The molecule has 0 aromatic heterocycles. The number of aryl methyl sites for hydroxylation is 1. The lowest BCUT2D eigenvalue weighted by molar-refractivity contribution is 0.385. The summed E-state index contributed by atoms with van der Waals surface area (Å²) in [6.07, 6.45) is 10.7. The summed E-state index contributed by atoms with van der Waals surface area (Å²) in [5.74, 6) is 6.24. The summed E-state index contributed by atoms with van der Waals surface area (Å²) in [6, 6.07) is 17.4. The standard InChI is InChI=1S/C30H32F2/c1-2-3-4-5-6-22-7-9-23(10-8-22)11-12-24-13-15-25(16-14-24)26-17-19-28-27(21-26)18-20-29(31)30(28)32/h7-10,17-21,24-25H,2-6,13-16H2,1H3. The van der Waals surface area contributed by atoms with Crippen LogP contribution in [0.1, 0.15) is 80.9 Å². The van der Waals surface area contributed by atoms with Gasteiger partial charge in [-0.05, 0) is 79.2 Å². The van der Waals surface area contributed by atoms with E-state index in [4.69, 9.17) is 0 Å². The predicted molar refractivity (Wildman–Crippen MR) is 130 cm³/mol. The number of hydrogen-bond acceptors (Lipinski definition) is 0. The van der Waals surface area contributed by atoms with Gasteiger partial charge in [-0.3, -0.25) is 0 Å². The van der Waals surface area contributed by atoms with Gasteiger partial charge in [0, 0.05) is 16.9 Å². The first-order valence-electron chi connectivity index (χ1n) is 12.1. The summed E-state index contributed by atoms with van der Waals surface area (Å²) in [5.41, 5.74) is 3.74. The second kappa shape index (κ2) is 10.8. The molecule has 1 saturated carbocycles. The van der Waals surface area contributed by atoms with Gasteiger partial charge in [-0.1, -0.05) is 74.4 Å². The molecule has 0 atom stereocenters. The number of rotatable bonds is 6. The third kappa shape index (κ3) is 5.57. The molecule has 0 amide bonds. The van der Waals surface area contributed by atoms with Crippen molar-refractivity contribution in [1.29, 1.82) is 0 Å². The zero-order chi connectivity index (χ0) is 22.3. The number of fused-ring (bicyclic) bond motifs is 1. The van der Waals surface area contributed by atoms with Crippen LogP contribution in [-0.2, 0) is 6.42 Å². The first-order chi connectivity index (χ1) is 15.6. The molecular weight excluding hydrogens is 398 g/mol. The molecule has 0 aliphatic heterocycles. The predicted octanol–water partition coefficient (Wildman–Crippen LogP) is 8.57. The van der Waals surface area contributed by atoms with E-state index in [1.807, 2.05) is 12.1 Å². The van der Waals surface area contributed by atoms with Crippen LogP contribution in [0.15, 0.2) is 54.6 Å². The largest absolute Gasteiger partial charge is 0.204 e. The molecule has 32 heavy (non-hydrogen) atoms. The van der Waals surface area contributed by atoms with Crippen LogP contribution >= 0.6 is 0 Å². The molecule has 3 aromatic carbocycles. The van der Waals surface area contributed by atoms with E-state index in [0.29, 0.717) is 17.2 Å². The monoisotopic (exact) mass is 430 g/mol. The third-order valence-electron chi connectivity index (χ3n) is 6.82. The number of unbranched alkanes of at least 4 members (excludes halogenated alkanes) is 3.